The van der Waals surface area contributed by atoms with Gasteiger partial charge in [0.25, 0.3) is 0 Å². The molecule has 0 saturated carbocycles. The summed E-state index contributed by atoms with van der Waals surface area (Å²) < 4.78 is 0. The van der Waals surface area contributed by atoms with Gasteiger partial charge in [0.05, 0.1) is 16.1 Å². The zero-order valence-electron chi connectivity index (χ0n) is 12.4. The fraction of sp³-hybridized carbons (Fsp3) is 0.600. The Hall–Kier alpha value is -0.320. The second-order valence-electron chi connectivity index (χ2n) is 5.41. The van der Waals surface area contributed by atoms with E-state index in [-0.39, 0.29) is 0 Å². The molecule has 3 nitrogen and oxygen atoms in total. The van der Waals surface area contributed by atoms with Gasteiger partial charge in [-0.05, 0) is 53.1 Å². The molecule has 0 radical (unpaired) electrons. The number of nitrogens with zero attached hydrogens (tertiary/aromatic N) is 2. The third-order valence-corrected chi connectivity index (χ3v) is 4.10. The van der Waals surface area contributed by atoms with E-state index < -0.39 is 6.10 Å². The minimum Gasteiger partial charge on any atom is -0.388 e. The van der Waals surface area contributed by atoms with Crippen LogP contribution in [0.25, 0.3) is 0 Å². The maximum absolute atomic E-state index is 10.2. The topological polar surface area (TPSA) is 26.7 Å². The monoisotopic (exact) mass is 318 g/mol. The third kappa shape index (κ3) is 5.98. The van der Waals surface area contributed by atoms with Crippen LogP contribution in [0.15, 0.2) is 18.2 Å². The van der Waals surface area contributed by atoms with Crippen molar-refractivity contribution < 1.29 is 5.11 Å². The van der Waals surface area contributed by atoms with Gasteiger partial charge in [-0.15, -0.1) is 0 Å². The quantitative estimate of drug-likeness (QED) is 0.796. The average Bonchev–Trinajstić information content (AvgIpc) is 2.38. The van der Waals surface area contributed by atoms with Gasteiger partial charge in [-0.25, -0.2) is 0 Å². The van der Waals surface area contributed by atoms with Gasteiger partial charge in [0, 0.05) is 12.1 Å². The van der Waals surface area contributed by atoms with Crippen molar-refractivity contribution >= 4 is 23.2 Å². The Kier molecular flexibility index (Phi) is 7.85. The summed E-state index contributed by atoms with van der Waals surface area (Å²) in [5, 5.41) is 11.2. The van der Waals surface area contributed by atoms with Crippen molar-refractivity contribution in [2.45, 2.75) is 18.9 Å². The van der Waals surface area contributed by atoms with E-state index >= 15 is 0 Å². The molecule has 0 bridgehead atoms. The number of hydrogen-bond acceptors (Lipinski definition) is 3. The van der Waals surface area contributed by atoms with Crippen LogP contribution in [-0.2, 0) is 0 Å². The molecule has 0 amide bonds. The normalized spacial score (nSPS) is 13.2. The van der Waals surface area contributed by atoms with Gasteiger partial charge in [-0.1, -0.05) is 35.3 Å². The van der Waals surface area contributed by atoms with Crippen LogP contribution in [0.4, 0.5) is 0 Å². The minimum absolute atomic E-state index is 0.455. The second kappa shape index (κ2) is 8.85. The molecule has 0 aliphatic heterocycles. The maximum atomic E-state index is 10.2. The molecule has 1 unspecified atom stereocenters. The van der Waals surface area contributed by atoms with E-state index in [0.29, 0.717) is 22.0 Å². The van der Waals surface area contributed by atoms with Crippen molar-refractivity contribution in [3.8, 4) is 0 Å². The van der Waals surface area contributed by atoms with E-state index in [2.05, 4.69) is 30.9 Å². The highest BCUT2D eigenvalue weighted by atomic mass is 35.5. The van der Waals surface area contributed by atoms with E-state index in [1.807, 2.05) is 12.1 Å². The van der Waals surface area contributed by atoms with Crippen molar-refractivity contribution in [3.05, 3.63) is 33.8 Å². The van der Waals surface area contributed by atoms with Gasteiger partial charge >= 0.3 is 0 Å². The molecule has 0 spiro atoms. The number of aliphatic hydroxyl groups is 1. The van der Waals surface area contributed by atoms with Gasteiger partial charge < -0.3 is 14.9 Å². The van der Waals surface area contributed by atoms with Gasteiger partial charge in [0.2, 0.25) is 0 Å². The number of halogens is 2. The van der Waals surface area contributed by atoms with Crippen LogP contribution < -0.4 is 0 Å². The highest BCUT2D eigenvalue weighted by molar-refractivity contribution is 6.42. The fourth-order valence-electron chi connectivity index (χ4n) is 2.04. The molecule has 1 atom stereocenters. The molecular weight excluding hydrogens is 295 g/mol. The SMILES string of the molecule is CN(C)CCCN(C)CCC(O)c1cccc(Cl)c1Cl. The average molecular weight is 319 g/mol. The zero-order valence-corrected chi connectivity index (χ0v) is 14.0. The van der Waals surface area contributed by atoms with Gasteiger partial charge in [-0.2, -0.15) is 0 Å². The van der Waals surface area contributed by atoms with Crippen LogP contribution in [0.2, 0.25) is 10.0 Å². The highest BCUT2D eigenvalue weighted by Crippen LogP contribution is 2.31. The summed E-state index contributed by atoms with van der Waals surface area (Å²) in [5.41, 5.74) is 0.709. The van der Waals surface area contributed by atoms with E-state index in [1.54, 1.807) is 6.07 Å². The molecule has 1 aromatic rings. The van der Waals surface area contributed by atoms with E-state index in [0.717, 1.165) is 26.1 Å². The van der Waals surface area contributed by atoms with Crippen LogP contribution in [0.3, 0.4) is 0 Å². The Bertz CT molecular complexity index is 413. The number of rotatable bonds is 8. The molecule has 0 aliphatic rings. The van der Waals surface area contributed by atoms with Crippen molar-refractivity contribution in [2.24, 2.45) is 0 Å². The molecular formula is C15H24Cl2N2O. The first kappa shape index (κ1) is 17.7. The molecule has 1 rings (SSSR count). The van der Waals surface area contributed by atoms with Crippen molar-refractivity contribution in [2.75, 3.05) is 40.8 Å². The van der Waals surface area contributed by atoms with E-state index in [1.165, 1.54) is 0 Å². The van der Waals surface area contributed by atoms with Crippen LogP contribution in [0.1, 0.15) is 24.5 Å². The Labute approximate surface area is 132 Å². The second-order valence-corrected chi connectivity index (χ2v) is 6.19. The summed E-state index contributed by atoms with van der Waals surface area (Å²) in [6.45, 7) is 2.93. The predicted octanol–water partition coefficient (Wildman–Crippen LogP) is 3.30. The van der Waals surface area contributed by atoms with Gasteiger partial charge in [0.1, 0.15) is 0 Å². The minimum atomic E-state index is -0.572. The molecule has 0 saturated heterocycles. The Morgan fingerprint density at radius 1 is 1.10 bits per heavy atom. The molecule has 0 aromatic heterocycles. The van der Waals surface area contributed by atoms with Crippen molar-refractivity contribution in [1.29, 1.82) is 0 Å². The molecule has 0 fully saturated rings. The van der Waals surface area contributed by atoms with E-state index in [4.69, 9.17) is 23.2 Å². The lowest BCUT2D eigenvalue weighted by Gasteiger charge is -2.20. The number of aliphatic hydroxyl groups excluding tert-OH is 1. The predicted molar refractivity (Wildman–Crippen MR) is 86.7 cm³/mol. The Morgan fingerprint density at radius 2 is 1.80 bits per heavy atom. The van der Waals surface area contributed by atoms with Gasteiger partial charge in [-0.3, -0.25) is 0 Å². The molecule has 1 aromatic carbocycles. The molecule has 0 aliphatic carbocycles. The Morgan fingerprint density at radius 3 is 2.45 bits per heavy atom. The van der Waals surface area contributed by atoms with Crippen molar-refractivity contribution in [3.63, 3.8) is 0 Å². The van der Waals surface area contributed by atoms with Crippen LogP contribution in [0.5, 0.6) is 0 Å². The largest absolute Gasteiger partial charge is 0.388 e. The first-order valence-electron chi connectivity index (χ1n) is 6.87. The van der Waals surface area contributed by atoms with E-state index in [9.17, 15) is 5.11 Å². The van der Waals surface area contributed by atoms with Gasteiger partial charge in [0.15, 0.2) is 0 Å². The fourth-order valence-corrected chi connectivity index (χ4v) is 2.48. The Balaban J connectivity index is 2.39. The lowest BCUT2D eigenvalue weighted by atomic mass is 10.1. The zero-order chi connectivity index (χ0) is 15.1. The standard InChI is InChI=1S/C15H24Cl2N2O/c1-18(2)9-5-10-19(3)11-8-14(20)12-6-4-7-13(16)15(12)17/h4,6-7,14,20H,5,8-11H2,1-3H3. The summed E-state index contributed by atoms with van der Waals surface area (Å²) >= 11 is 12.1. The number of benzene rings is 1. The first-order chi connectivity index (χ1) is 9.41. The highest BCUT2D eigenvalue weighted by Gasteiger charge is 2.14. The summed E-state index contributed by atoms with van der Waals surface area (Å²) in [7, 11) is 6.22. The third-order valence-electron chi connectivity index (χ3n) is 3.27. The first-order valence-corrected chi connectivity index (χ1v) is 7.62. The van der Waals surface area contributed by atoms with Crippen LogP contribution in [0, 0.1) is 0 Å². The summed E-state index contributed by atoms with van der Waals surface area (Å²) in [5.74, 6) is 0. The number of hydrogen-bond donors (Lipinski definition) is 1. The molecule has 1 N–H and O–H groups in total. The lowest BCUT2D eigenvalue weighted by Crippen LogP contribution is -2.25. The molecule has 0 heterocycles. The summed E-state index contributed by atoms with van der Waals surface area (Å²) in [4.78, 5) is 4.40. The summed E-state index contributed by atoms with van der Waals surface area (Å²) in [6.07, 6.45) is 1.20. The van der Waals surface area contributed by atoms with Crippen molar-refractivity contribution in [1.82, 2.24) is 9.80 Å². The molecule has 114 valence electrons. The van der Waals surface area contributed by atoms with Crippen LogP contribution >= 0.6 is 23.2 Å². The molecule has 20 heavy (non-hydrogen) atoms. The smallest absolute Gasteiger partial charge is 0.0817 e. The lowest BCUT2D eigenvalue weighted by molar-refractivity contribution is 0.148. The van der Waals surface area contributed by atoms with Crippen LogP contribution in [-0.4, -0.2) is 55.7 Å². The molecule has 5 heteroatoms. The summed E-state index contributed by atoms with van der Waals surface area (Å²) in [6, 6.07) is 5.37. The maximum Gasteiger partial charge on any atom is 0.0817 e.